The molecular formula is C20H26ClN3O2. The molecular weight excluding hydrogens is 350 g/mol. The second kappa shape index (κ2) is 8.67. The number of carbonyl (C=O) groups is 1. The predicted molar refractivity (Wildman–Crippen MR) is 102 cm³/mol. The second-order valence-electron chi connectivity index (χ2n) is 7.21. The van der Waals surface area contributed by atoms with E-state index in [0.717, 1.165) is 12.0 Å². The Bertz CT molecular complexity index is 729. The lowest BCUT2D eigenvalue weighted by molar-refractivity contribution is -0.133. The summed E-state index contributed by atoms with van der Waals surface area (Å²) in [6.45, 7) is 2.25. The fourth-order valence-electron chi connectivity index (χ4n) is 3.70. The van der Waals surface area contributed by atoms with Crippen molar-refractivity contribution in [3.8, 4) is 11.4 Å². The van der Waals surface area contributed by atoms with Gasteiger partial charge in [0.05, 0.1) is 0 Å². The van der Waals surface area contributed by atoms with E-state index < -0.39 is 0 Å². The van der Waals surface area contributed by atoms with E-state index in [-0.39, 0.29) is 5.91 Å². The summed E-state index contributed by atoms with van der Waals surface area (Å²) < 4.78 is 5.31. The third kappa shape index (κ3) is 4.64. The van der Waals surface area contributed by atoms with Gasteiger partial charge in [-0.05, 0) is 49.4 Å². The quantitative estimate of drug-likeness (QED) is 0.731. The summed E-state index contributed by atoms with van der Waals surface area (Å²) in [6, 6.07) is 7.71. The molecule has 26 heavy (non-hydrogen) atoms. The van der Waals surface area contributed by atoms with Crippen molar-refractivity contribution in [2.75, 3.05) is 7.05 Å². The van der Waals surface area contributed by atoms with E-state index in [1.807, 2.05) is 24.1 Å². The molecule has 1 aromatic heterocycles. The average molecular weight is 376 g/mol. The van der Waals surface area contributed by atoms with E-state index in [2.05, 4.69) is 17.1 Å². The second-order valence-corrected chi connectivity index (χ2v) is 7.64. The largest absolute Gasteiger partial charge is 0.343 e. The van der Waals surface area contributed by atoms with E-state index >= 15 is 0 Å². The van der Waals surface area contributed by atoms with Crippen LogP contribution in [-0.2, 0) is 11.2 Å². The molecule has 140 valence electrons. The molecule has 6 heteroatoms. The number of hydrogen-bond acceptors (Lipinski definition) is 4. The summed E-state index contributed by atoms with van der Waals surface area (Å²) in [7, 11) is 1.94. The Balaban J connectivity index is 1.48. The van der Waals surface area contributed by atoms with Crippen LogP contribution in [0.25, 0.3) is 11.4 Å². The zero-order valence-electron chi connectivity index (χ0n) is 15.4. The Morgan fingerprint density at radius 2 is 2.00 bits per heavy atom. The minimum atomic E-state index is 0.209. The number of halogens is 1. The molecule has 2 aromatic rings. The summed E-state index contributed by atoms with van der Waals surface area (Å²) in [5.41, 5.74) is 0.867. The third-order valence-electron chi connectivity index (χ3n) is 5.31. The first-order valence-corrected chi connectivity index (χ1v) is 9.76. The van der Waals surface area contributed by atoms with E-state index in [4.69, 9.17) is 16.1 Å². The van der Waals surface area contributed by atoms with Crippen molar-refractivity contribution in [3.05, 3.63) is 35.2 Å². The molecule has 0 aliphatic heterocycles. The molecule has 2 unspecified atom stereocenters. The van der Waals surface area contributed by atoms with Crippen LogP contribution in [-0.4, -0.2) is 34.0 Å². The fourth-order valence-corrected chi connectivity index (χ4v) is 3.82. The number of hydrogen-bond donors (Lipinski definition) is 0. The number of carbonyl (C=O) groups excluding carboxylic acids is 1. The summed E-state index contributed by atoms with van der Waals surface area (Å²) in [4.78, 5) is 18.8. The van der Waals surface area contributed by atoms with Gasteiger partial charge >= 0.3 is 0 Å². The Morgan fingerprint density at radius 3 is 2.73 bits per heavy atom. The van der Waals surface area contributed by atoms with Gasteiger partial charge in [-0.2, -0.15) is 4.98 Å². The molecule has 1 aromatic carbocycles. The van der Waals surface area contributed by atoms with Crippen molar-refractivity contribution in [2.45, 2.75) is 57.9 Å². The molecule has 1 saturated carbocycles. The van der Waals surface area contributed by atoms with Gasteiger partial charge in [0.1, 0.15) is 0 Å². The van der Waals surface area contributed by atoms with Crippen LogP contribution in [0, 0.1) is 5.92 Å². The molecule has 1 amide bonds. The predicted octanol–water partition coefficient (Wildman–Crippen LogP) is 4.75. The van der Waals surface area contributed by atoms with Crippen molar-refractivity contribution < 1.29 is 9.32 Å². The van der Waals surface area contributed by atoms with Crippen LogP contribution in [0.4, 0.5) is 0 Å². The van der Waals surface area contributed by atoms with Crippen LogP contribution in [0.3, 0.4) is 0 Å². The fraction of sp³-hybridized carbons (Fsp3) is 0.550. The summed E-state index contributed by atoms with van der Waals surface area (Å²) in [5.74, 6) is 1.92. The molecule has 1 aliphatic rings. The van der Waals surface area contributed by atoms with Crippen LogP contribution >= 0.6 is 11.6 Å². The minimum Gasteiger partial charge on any atom is -0.343 e. The molecule has 0 radical (unpaired) electrons. The van der Waals surface area contributed by atoms with Gasteiger partial charge in [0.15, 0.2) is 0 Å². The Hall–Kier alpha value is -1.88. The minimum absolute atomic E-state index is 0.209. The van der Waals surface area contributed by atoms with Crippen LogP contribution in [0.15, 0.2) is 28.8 Å². The summed E-state index contributed by atoms with van der Waals surface area (Å²) in [5, 5.41) is 4.68. The summed E-state index contributed by atoms with van der Waals surface area (Å²) >= 11 is 5.89. The number of benzene rings is 1. The number of aryl methyl sites for hydroxylation is 1. The van der Waals surface area contributed by atoms with Crippen LogP contribution in [0.2, 0.25) is 5.02 Å². The summed E-state index contributed by atoms with van der Waals surface area (Å²) in [6.07, 6.45) is 6.69. The van der Waals surface area contributed by atoms with Crippen LogP contribution < -0.4 is 0 Å². The van der Waals surface area contributed by atoms with Gasteiger partial charge in [-0.15, -0.1) is 0 Å². The van der Waals surface area contributed by atoms with Crippen molar-refractivity contribution in [1.82, 2.24) is 15.0 Å². The first-order chi connectivity index (χ1) is 12.5. The van der Waals surface area contributed by atoms with Gasteiger partial charge in [-0.3, -0.25) is 4.79 Å². The lowest BCUT2D eigenvalue weighted by Crippen LogP contribution is -2.42. The molecule has 0 bridgehead atoms. The average Bonchev–Trinajstić information content (AvgIpc) is 3.11. The van der Waals surface area contributed by atoms with Gasteiger partial charge in [0, 0.05) is 36.5 Å². The lowest BCUT2D eigenvalue weighted by atomic mass is 9.85. The van der Waals surface area contributed by atoms with Crippen molar-refractivity contribution in [3.63, 3.8) is 0 Å². The van der Waals surface area contributed by atoms with E-state index in [0.29, 0.717) is 48.0 Å². The molecule has 0 saturated heterocycles. The van der Waals surface area contributed by atoms with Gasteiger partial charge in [0.25, 0.3) is 0 Å². The number of aromatic nitrogens is 2. The maximum absolute atomic E-state index is 12.5. The molecule has 2 atom stereocenters. The molecule has 0 spiro atoms. The molecule has 3 rings (SSSR count). The van der Waals surface area contributed by atoms with Gasteiger partial charge in [-0.1, -0.05) is 36.5 Å². The number of rotatable bonds is 6. The monoisotopic (exact) mass is 375 g/mol. The van der Waals surface area contributed by atoms with E-state index in [1.54, 1.807) is 12.1 Å². The van der Waals surface area contributed by atoms with Crippen molar-refractivity contribution in [2.24, 2.45) is 5.92 Å². The molecule has 1 heterocycles. The highest BCUT2D eigenvalue weighted by molar-refractivity contribution is 6.30. The number of amides is 1. The highest BCUT2D eigenvalue weighted by atomic mass is 35.5. The van der Waals surface area contributed by atoms with Gasteiger partial charge < -0.3 is 9.42 Å². The molecule has 5 nitrogen and oxygen atoms in total. The zero-order valence-corrected chi connectivity index (χ0v) is 16.2. The smallest absolute Gasteiger partial charge is 0.226 e. The zero-order chi connectivity index (χ0) is 18.5. The normalized spacial score (nSPS) is 20.1. The van der Waals surface area contributed by atoms with Crippen molar-refractivity contribution >= 4 is 17.5 Å². The maximum Gasteiger partial charge on any atom is 0.226 e. The standard InChI is InChI=1S/C20H26ClN3O2/c1-14-6-3-4-7-17(14)24(2)19(25)9-5-8-18-22-20(23-26-18)15-10-12-16(21)13-11-15/h10-14,17H,3-9H2,1-2H3. The third-order valence-corrected chi connectivity index (χ3v) is 5.56. The topological polar surface area (TPSA) is 59.2 Å². The van der Waals surface area contributed by atoms with E-state index in [9.17, 15) is 4.79 Å². The van der Waals surface area contributed by atoms with Crippen LogP contribution in [0.5, 0.6) is 0 Å². The highest BCUT2D eigenvalue weighted by Gasteiger charge is 2.27. The van der Waals surface area contributed by atoms with Gasteiger partial charge in [-0.25, -0.2) is 0 Å². The van der Waals surface area contributed by atoms with Crippen LogP contribution in [0.1, 0.15) is 51.3 Å². The molecule has 1 aliphatic carbocycles. The van der Waals surface area contributed by atoms with E-state index in [1.165, 1.54) is 19.3 Å². The Labute approximate surface area is 159 Å². The lowest BCUT2D eigenvalue weighted by Gasteiger charge is -2.36. The SMILES string of the molecule is CC1CCCCC1N(C)C(=O)CCCc1nc(-c2ccc(Cl)cc2)no1. The Kier molecular flexibility index (Phi) is 6.30. The first-order valence-electron chi connectivity index (χ1n) is 9.39. The van der Waals surface area contributed by atoms with Gasteiger partial charge in [0.2, 0.25) is 17.6 Å². The molecule has 1 fully saturated rings. The Morgan fingerprint density at radius 1 is 1.27 bits per heavy atom. The highest BCUT2D eigenvalue weighted by Crippen LogP contribution is 2.28. The first kappa shape index (κ1) is 18.9. The van der Waals surface area contributed by atoms with Crippen molar-refractivity contribution in [1.29, 1.82) is 0 Å². The maximum atomic E-state index is 12.5. The molecule has 0 N–H and O–H groups in total. The number of nitrogens with zero attached hydrogens (tertiary/aromatic N) is 3.